The Morgan fingerprint density at radius 3 is 2.79 bits per heavy atom. The second-order valence-electron chi connectivity index (χ2n) is 5.16. The zero-order chi connectivity index (χ0) is 13.6. The van der Waals surface area contributed by atoms with E-state index in [-0.39, 0.29) is 11.3 Å². The highest BCUT2D eigenvalue weighted by Gasteiger charge is 2.38. The molecule has 1 fully saturated rings. The summed E-state index contributed by atoms with van der Waals surface area (Å²) in [5.74, 6) is -1.73. The van der Waals surface area contributed by atoms with Gasteiger partial charge in [0.1, 0.15) is 5.82 Å². The van der Waals surface area contributed by atoms with E-state index < -0.39 is 17.5 Å². The number of fused-ring (bicyclic) bond motifs is 1. The summed E-state index contributed by atoms with van der Waals surface area (Å²) in [6, 6.07) is 3.45. The Hall–Kier alpha value is -1.75. The predicted molar refractivity (Wildman–Crippen MR) is 68.8 cm³/mol. The van der Waals surface area contributed by atoms with Crippen LogP contribution in [0.25, 0.3) is 0 Å². The summed E-state index contributed by atoms with van der Waals surface area (Å²) < 4.78 is 14.0. The monoisotopic (exact) mass is 262 g/mol. The molecule has 4 nitrogen and oxygen atoms in total. The van der Waals surface area contributed by atoms with Crippen LogP contribution in [0.1, 0.15) is 28.8 Å². The molecule has 3 rings (SSSR count). The van der Waals surface area contributed by atoms with Crippen molar-refractivity contribution in [1.29, 1.82) is 0 Å². The number of benzene rings is 1. The lowest BCUT2D eigenvalue weighted by Gasteiger charge is -2.17. The number of rotatable bonds is 4. The summed E-state index contributed by atoms with van der Waals surface area (Å²) in [5, 5.41) is 3.25. The molecule has 1 aromatic rings. The molecule has 1 aliphatic carbocycles. The number of Topliss-reactive ketones (excluding diaryl/α,β-unsaturated/α-hetero) is 1. The maximum Gasteiger partial charge on any atom is 0.299 e. The number of hydrogen-bond acceptors (Lipinski definition) is 3. The highest BCUT2D eigenvalue weighted by Crippen LogP contribution is 2.32. The summed E-state index contributed by atoms with van der Waals surface area (Å²) >= 11 is 0. The first-order valence-corrected chi connectivity index (χ1v) is 6.47. The van der Waals surface area contributed by atoms with Crippen molar-refractivity contribution >= 4 is 17.4 Å². The van der Waals surface area contributed by atoms with Crippen molar-refractivity contribution < 1.29 is 14.0 Å². The maximum absolute atomic E-state index is 14.0. The number of hydrogen-bond donors (Lipinski definition) is 1. The number of ketones is 1. The molecule has 0 spiro atoms. The van der Waals surface area contributed by atoms with Gasteiger partial charge in [0.15, 0.2) is 0 Å². The fourth-order valence-corrected chi connectivity index (χ4v) is 2.40. The molecule has 2 aliphatic rings. The van der Waals surface area contributed by atoms with Crippen LogP contribution in [0.5, 0.6) is 0 Å². The van der Waals surface area contributed by atoms with Crippen LogP contribution < -0.4 is 10.2 Å². The van der Waals surface area contributed by atoms with Crippen molar-refractivity contribution in [2.24, 2.45) is 0 Å². The third-order valence-corrected chi connectivity index (χ3v) is 3.51. The number of halogens is 1. The van der Waals surface area contributed by atoms with Crippen LogP contribution in [0.3, 0.4) is 0 Å². The number of anilines is 1. The van der Waals surface area contributed by atoms with E-state index in [2.05, 4.69) is 5.32 Å². The Labute approximate surface area is 110 Å². The van der Waals surface area contributed by atoms with Crippen LogP contribution in [0.4, 0.5) is 10.1 Å². The maximum atomic E-state index is 14.0. The molecular formula is C14H15FN2O2. The number of nitrogens with one attached hydrogen (secondary N) is 1. The summed E-state index contributed by atoms with van der Waals surface area (Å²) in [5.41, 5.74) is 0.975. The second kappa shape index (κ2) is 4.42. The molecule has 1 amide bonds. The van der Waals surface area contributed by atoms with E-state index >= 15 is 0 Å². The number of nitrogens with zero attached hydrogens (tertiary/aromatic N) is 1. The van der Waals surface area contributed by atoms with E-state index in [4.69, 9.17) is 0 Å². The first-order valence-electron chi connectivity index (χ1n) is 6.47. The number of amides is 1. The number of carbonyl (C=O) groups excluding carboxylic acids is 2. The van der Waals surface area contributed by atoms with E-state index in [1.54, 1.807) is 13.0 Å². The predicted octanol–water partition coefficient (Wildman–Crippen LogP) is 1.42. The standard InChI is InChI=1S/C14H15FN2O2/c1-8-6-10-12(11(15)7-8)17(14(19)13(10)18)5-4-16-9-2-3-9/h6-7,9,16H,2-5H2,1H3. The van der Waals surface area contributed by atoms with Crippen LogP contribution >= 0.6 is 0 Å². The van der Waals surface area contributed by atoms with Crippen LogP contribution in [0.2, 0.25) is 0 Å². The Morgan fingerprint density at radius 1 is 1.37 bits per heavy atom. The molecule has 0 radical (unpaired) electrons. The third kappa shape index (κ3) is 2.14. The average molecular weight is 262 g/mol. The quantitative estimate of drug-likeness (QED) is 0.835. The average Bonchev–Trinajstić information content (AvgIpc) is 3.13. The van der Waals surface area contributed by atoms with E-state index in [9.17, 15) is 14.0 Å². The minimum atomic E-state index is -0.628. The molecule has 1 aliphatic heterocycles. The van der Waals surface area contributed by atoms with Gasteiger partial charge in [0, 0.05) is 19.1 Å². The van der Waals surface area contributed by atoms with Gasteiger partial charge in [0.05, 0.1) is 11.3 Å². The van der Waals surface area contributed by atoms with Crippen LogP contribution in [0, 0.1) is 12.7 Å². The lowest BCUT2D eigenvalue weighted by atomic mass is 10.1. The molecule has 0 atom stereocenters. The fourth-order valence-electron chi connectivity index (χ4n) is 2.40. The SMILES string of the molecule is Cc1cc(F)c2c(c1)C(=O)C(=O)N2CCNC1CC1. The zero-order valence-corrected chi connectivity index (χ0v) is 10.7. The van der Waals surface area contributed by atoms with Crippen LogP contribution in [-0.2, 0) is 4.79 Å². The molecular weight excluding hydrogens is 247 g/mol. The molecule has 0 bridgehead atoms. The number of aryl methyl sites for hydroxylation is 1. The third-order valence-electron chi connectivity index (χ3n) is 3.51. The van der Waals surface area contributed by atoms with Crippen molar-refractivity contribution in [3.05, 3.63) is 29.1 Å². The Kier molecular flexibility index (Phi) is 2.86. The van der Waals surface area contributed by atoms with Gasteiger partial charge in [-0.15, -0.1) is 0 Å². The molecule has 1 N–H and O–H groups in total. The van der Waals surface area contributed by atoms with E-state index in [0.717, 1.165) is 12.8 Å². The van der Waals surface area contributed by atoms with Crippen molar-refractivity contribution in [3.8, 4) is 0 Å². The Morgan fingerprint density at radius 2 is 2.11 bits per heavy atom. The Bertz CT molecular complexity index is 567. The molecule has 1 heterocycles. The summed E-state index contributed by atoms with van der Waals surface area (Å²) in [4.78, 5) is 25.0. The van der Waals surface area contributed by atoms with Crippen molar-refractivity contribution in [2.45, 2.75) is 25.8 Å². The highest BCUT2D eigenvalue weighted by atomic mass is 19.1. The van der Waals surface area contributed by atoms with Gasteiger partial charge in [0.25, 0.3) is 11.7 Å². The lowest BCUT2D eigenvalue weighted by molar-refractivity contribution is -0.114. The second-order valence-corrected chi connectivity index (χ2v) is 5.16. The van der Waals surface area contributed by atoms with Crippen molar-refractivity contribution in [2.75, 3.05) is 18.0 Å². The Balaban J connectivity index is 1.85. The summed E-state index contributed by atoms with van der Waals surface area (Å²) in [7, 11) is 0. The van der Waals surface area contributed by atoms with Gasteiger partial charge in [-0.2, -0.15) is 0 Å². The van der Waals surface area contributed by atoms with Crippen molar-refractivity contribution in [1.82, 2.24) is 5.32 Å². The minimum Gasteiger partial charge on any atom is -0.312 e. The molecule has 1 aromatic carbocycles. The van der Waals surface area contributed by atoms with Gasteiger partial charge in [-0.05, 0) is 37.5 Å². The van der Waals surface area contributed by atoms with E-state index in [0.29, 0.717) is 24.7 Å². The van der Waals surface area contributed by atoms with Crippen LogP contribution in [0.15, 0.2) is 12.1 Å². The van der Waals surface area contributed by atoms with Crippen LogP contribution in [-0.4, -0.2) is 30.8 Å². The molecule has 1 saturated carbocycles. The van der Waals surface area contributed by atoms with Crippen molar-refractivity contribution in [3.63, 3.8) is 0 Å². The number of carbonyl (C=O) groups is 2. The topological polar surface area (TPSA) is 49.4 Å². The molecule has 0 saturated heterocycles. The van der Waals surface area contributed by atoms with Gasteiger partial charge < -0.3 is 10.2 Å². The molecule has 100 valence electrons. The van der Waals surface area contributed by atoms with Gasteiger partial charge in [-0.25, -0.2) is 4.39 Å². The minimum absolute atomic E-state index is 0.137. The van der Waals surface area contributed by atoms with Gasteiger partial charge in [0.2, 0.25) is 0 Å². The van der Waals surface area contributed by atoms with E-state index in [1.807, 2.05) is 0 Å². The van der Waals surface area contributed by atoms with Gasteiger partial charge in [-0.1, -0.05) is 0 Å². The summed E-state index contributed by atoms with van der Waals surface area (Å²) in [6.45, 7) is 2.61. The van der Waals surface area contributed by atoms with Gasteiger partial charge in [-0.3, -0.25) is 9.59 Å². The molecule has 0 unspecified atom stereocenters. The smallest absolute Gasteiger partial charge is 0.299 e. The zero-order valence-electron chi connectivity index (χ0n) is 10.7. The first kappa shape index (κ1) is 12.3. The summed E-state index contributed by atoms with van der Waals surface area (Å²) in [6.07, 6.45) is 2.30. The molecule has 0 aromatic heterocycles. The normalized spacial score (nSPS) is 18.1. The lowest BCUT2D eigenvalue weighted by Crippen LogP contribution is -2.36. The first-order chi connectivity index (χ1) is 9.08. The van der Waals surface area contributed by atoms with Gasteiger partial charge >= 0.3 is 0 Å². The highest BCUT2D eigenvalue weighted by molar-refractivity contribution is 6.52. The fraction of sp³-hybridized carbons (Fsp3) is 0.429. The largest absolute Gasteiger partial charge is 0.312 e. The molecule has 5 heteroatoms. The van der Waals surface area contributed by atoms with E-state index in [1.165, 1.54) is 11.0 Å². The molecule has 19 heavy (non-hydrogen) atoms.